The van der Waals surface area contributed by atoms with Crippen LogP contribution in [0.5, 0.6) is 0 Å². The third-order valence-corrected chi connectivity index (χ3v) is 2.07. The predicted octanol–water partition coefficient (Wildman–Crippen LogP) is 0.918. The first-order valence-corrected chi connectivity index (χ1v) is 5.46. The molecule has 0 saturated carbocycles. The van der Waals surface area contributed by atoms with Crippen LogP contribution >= 0.6 is 0 Å². The van der Waals surface area contributed by atoms with E-state index in [2.05, 4.69) is 22.7 Å². The van der Waals surface area contributed by atoms with Crippen LogP contribution in [0.3, 0.4) is 0 Å². The zero-order chi connectivity index (χ0) is 10.7. The highest BCUT2D eigenvalue weighted by molar-refractivity contribution is 6.25. The first-order chi connectivity index (χ1) is 6.04. The van der Waals surface area contributed by atoms with Crippen LogP contribution in [0.1, 0.15) is 40.5 Å². The van der Waals surface area contributed by atoms with E-state index in [4.69, 9.17) is 0 Å². The highest BCUT2D eigenvalue weighted by Crippen LogP contribution is 1.77. The molecule has 0 radical (unpaired) electrons. The second-order valence-electron chi connectivity index (χ2n) is 2.39. The molecule has 78 valence electrons. The van der Waals surface area contributed by atoms with Gasteiger partial charge in [-0.1, -0.05) is 26.7 Å². The first kappa shape index (κ1) is 14.7. The Kier molecular flexibility index (Phi) is 12.6. The van der Waals surface area contributed by atoms with Gasteiger partial charge in [-0.3, -0.25) is 9.59 Å². The van der Waals surface area contributed by atoms with Crippen molar-refractivity contribution in [3.8, 4) is 0 Å². The van der Waals surface area contributed by atoms with Crippen LogP contribution in [-0.4, -0.2) is 21.9 Å². The van der Waals surface area contributed by atoms with Crippen molar-refractivity contribution in [2.45, 2.75) is 40.5 Å². The second kappa shape index (κ2) is 11.2. The molecule has 0 bridgehead atoms. The summed E-state index contributed by atoms with van der Waals surface area (Å²) in [7, 11) is -1.38. The smallest absolute Gasteiger partial charge is 0.431 e. The van der Waals surface area contributed by atoms with E-state index < -0.39 is 21.9 Å². The fourth-order valence-electron chi connectivity index (χ4n) is 0.195. The van der Waals surface area contributed by atoms with E-state index in [0.29, 0.717) is 0 Å². The first-order valence-electron chi connectivity index (χ1n) is 4.31. The molecule has 0 N–H and O–H groups in total. The summed E-state index contributed by atoms with van der Waals surface area (Å²) >= 11 is 0. The van der Waals surface area contributed by atoms with E-state index in [-0.39, 0.29) is 0 Å². The van der Waals surface area contributed by atoms with Gasteiger partial charge in [0.25, 0.3) is 11.9 Å². The van der Waals surface area contributed by atoms with Gasteiger partial charge in [-0.25, -0.2) is 0 Å². The zero-order valence-electron chi connectivity index (χ0n) is 8.75. The molecule has 0 aliphatic rings. The Bertz CT molecular complexity index is 131. The van der Waals surface area contributed by atoms with Crippen molar-refractivity contribution in [3.63, 3.8) is 0 Å². The van der Waals surface area contributed by atoms with Gasteiger partial charge in [0.2, 0.25) is 0 Å². The Morgan fingerprint density at radius 1 is 1.00 bits per heavy atom. The fraction of sp³-hybridized carbons (Fsp3) is 0.750. The summed E-state index contributed by atoms with van der Waals surface area (Å²) in [5.74, 6) is -0.800. The lowest BCUT2D eigenvalue weighted by molar-refractivity contribution is -0.136. The maximum absolute atomic E-state index is 10.0. The van der Waals surface area contributed by atoms with Crippen molar-refractivity contribution in [2.24, 2.45) is 0 Å². The van der Waals surface area contributed by atoms with E-state index in [0.717, 1.165) is 0 Å². The molecular weight excluding hydrogens is 188 g/mol. The molecule has 0 fully saturated rings. The molecule has 0 aromatic carbocycles. The molecular formula is C8H18O4Si. The molecule has 0 saturated heterocycles. The van der Waals surface area contributed by atoms with E-state index >= 15 is 0 Å². The second-order valence-corrected chi connectivity index (χ2v) is 3.20. The van der Waals surface area contributed by atoms with Gasteiger partial charge in [-0.2, -0.15) is 0 Å². The molecule has 0 aromatic heterocycles. The van der Waals surface area contributed by atoms with Crippen molar-refractivity contribution >= 4 is 21.9 Å². The van der Waals surface area contributed by atoms with Crippen LogP contribution in [0.15, 0.2) is 0 Å². The highest BCUT2D eigenvalue weighted by Gasteiger charge is 1.95. The summed E-state index contributed by atoms with van der Waals surface area (Å²) in [6, 6.07) is 0. The van der Waals surface area contributed by atoms with Crippen LogP contribution in [0.2, 0.25) is 0 Å². The highest BCUT2D eigenvalue weighted by atomic mass is 28.3. The molecule has 0 rings (SSSR count). The largest absolute Gasteiger partial charge is 0.490 e. The summed E-state index contributed by atoms with van der Waals surface area (Å²) in [5, 5.41) is 0. The molecule has 0 spiro atoms. The monoisotopic (exact) mass is 206 g/mol. The number of carbonyl (C=O) groups excluding carboxylic acids is 2. The summed E-state index contributed by atoms with van der Waals surface area (Å²) in [6.45, 7) is 6.91. The quantitative estimate of drug-likeness (QED) is 0.644. The Labute approximate surface area is 81.7 Å². The topological polar surface area (TPSA) is 52.6 Å². The molecule has 5 heteroatoms. The summed E-state index contributed by atoms with van der Waals surface area (Å²) in [4.78, 5) is 20.1. The van der Waals surface area contributed by atoms with Gasteiger partial charge in [0, 0.05) is 13.8 Å². The van der Waals surface area contributed by atoms with Crippen LogP contribution in [0.4, 0.5) is 0 Å². The maximum Gasteiger partial charge on any atom is 0.431 e. The van der Waals surface area contributed by atoms with Crippen LogP contribution in [-0.2, 0) is 18.4 Å². The molecule has 13 heavy (non-hydrogen) atoms. The lowest BCUT2D eigenvalue weighted by atomic mass is 10.4. The third-order valence-electron chi connectivity index (χ3n) is 1.02. The number of rotatable bonds is 3. The average Bonchev–Trinajstić information content (AvgIpc) is 2.03. The molecule has 4 nitrogen and oxygen atoms in total. The van der Waals surface area contributed by atoms with Crippen molar-refractivity contribution in [1.82, 2.24) is 0 Å². The van der Waals surface area contributed by atoms with Gasteiger partial charge in [-0.15, -0.1) is 0 Å². The molecule has 0 unspecified atom stereocenters. The zero-order valence-corrected chi connectivity index (χ0v) is 10.2. The minimum atomic E-state index is -1.38. The maximum atomic E-state index is 10.0. The average molecular weight is 206 g/mol. The lowest BCUT2D eigenvalue weighted by Gasteiger charge is -1.99. The van der Waals surface area contributed by atoms with Gasteiger partial charge in [-0.05, 0) is 0 Å². The summed E-state index contributed by atoms with van der Waals surface area (Å²) in [6.07, 6.45) is 2.64. The Balaban J connectivity index is 0. The minimum absolute atomic E-state index is 0.400. The lowest BCUT2D eigenvalue weighted by Crippen LogP contribution is -2.11. The molecule has 0 atom stereocenters. The van der Waals surface area contributed by atoms with Crippen molar-refractivity contribution in [1.29, 1.82) is 0 Å². The van der Waals surface area contributed by atoms with Gasteiger partial charge >= 0.3 is 10.0 Å². The Hall–Kier alpha value is -0.843. The van der Waals surface area contributed by atoms with E-state index in [1.54, 1.807) is 0 Å². The predicted molar refractivity (Wildman–Crippen MR) is 52.7 cm³/mol. The van der Waals surface area contributed by atoms with Gasteiger partial charge in [0.05, 0.1) is 0 Å². The summed E-state index contributed by atoms with van der Waals surface area (Å²) < 4.78 is 8.82. The Morgan fingerprint density at radius 3 is 1.46 bits per heavy atom. The van der Waals surface area contributed by atoms with Crippen LogP contribution in [0.25, 0.3) is 0 Å². The number of hydrogen-bond acceptors (Lipinski definition) is 4. The minimum Gasteiger partial charge on any atom is -0.490 e. The molecule has 0 aliphatic heterocycles. The Morgan fingerprint density at radius 2 is 1.31 bits per heavy atom. The van der Waals surface area contributed by atoms with E-state index in [1.165, 1.54) is 26.7 Å². The number of unbranched alkanes of at least 4 members (excludes halogenated alkanes) is 1. The van der Waals surface area contributed by atoms with Crippen LogP contribution < -0.4 is 0 Å². The normalized spacial score (nSPS) is 8.00. The van der Waals surface area contributed by atoms with E-state index in [1.807, 2.05) is 0 Å². The standard InChI is InChI=1S/C4H8O4Si.C4H10/c1-3(5)7-9-8-4(2)6;1-3-4-2/h9H2,1-2H3;3-4H2,1-2H3. The van der Waals surface area contributed by atoms with Gasteiger partial charge in [0.1, 0.15) is 0 Å². The fourth-order valence-corrected chi connectivity index (χ4v) is 0.586. The summed E-state index contributed by atoms with van der Waals surface area (Å²) in [5.41, 5.74) is 0. The number of hydrogen-bond donors (Lipinski definition) is 0. The molecule has 0 heterocycles. The molecule has 0 amide bonds. The van der Waals surface area contributed by atoms with Crippen molar-refractivity contribution in [3.05, 3.63) is 0 Å². The van der Waals surface area contributed by atoms with Gasteiger partial charge < -0.3 is 8.85 Å². The SMILES string of the molecule is CC(=O)O[SiH2]OC(C)=O.CCCC. The van der Waals surface area contributed by atoms with Crippen molar-refractivity contribution in [2.75, 3.05) is 0 Å². The van der Waals surface area contributed by atoms with Crippen LogP contribution in [0, 0.1) is 0 Å². The molecule has 0 aliphatic carbocycles. The van der Waals surface area contributed by atoms with Gasteiger partial charge in [0.15, 0.2) is 0 Å². The number of carbonyl (C=O) groups is 2. The van der Waals surface area contributed by atoms with Crippen molar-refractivity contribution < 1.29 is 18.4 Å². The van der Waals surface area contributed by atoms with E-state index in [9.17, 15) is 9.59 Å². The third kappa shape index (κ3) is 24.7. The molecule has 0 aromatic rings.